The summed E-state index contributed by atoms with van der Waals surface area (Å²) in [6, 6.07) is 10.7. The molecule has 3 nitrogen and oxygen atoms in total. The number of hydrogen-bond acceptors (Lipinski definition) is 3. The fraction of sp³-hybridized carbons (Fsp3) is 0.375. The second-order valence-electron chi connectivity index (χ2n) is 5.11. The van der Waals surface area contributed by atoms with Crippen molar-refractivity contribution in [2.45, 2.75) is 26.6 Å². The van der Waals surface area contributed by atoms with Gasteiger partial charge in [-0.05, 0) is 32.6 Å². The van der Waals surface area contributed by atoms with Gasteiger partial charge in [0.2, 0.25) is 0 Å². The highest BCUT2D eigenvalue weighted by Crippen LogP contribution is 2.12. The fourth-order valence-electron chi connectivity index (χ4n) is 2.25. The monoisotopic (exact) mass is 258 g/mol. The zero-order chi connectivity index (χ0) is 13.7. The number of hydrogen-bond donors (Lipinski definition) is 1. The van der Waals surface area contributed by atoms with Crippen LogP contribution in [-0.4, -0.2) is 19.0 Å². The molecule has 0 unspecified atom stereocenters. The first-order valence-corrected chi connectivity index (χ1v) is 6.62. The number of nitrogens with one attached hydrogen (secondary N) is 1. The molecule has 2 rings (SSSR count). The van der Waals surface area contributed by atoms with E-state index in [2.05, 4.69) is 54.5 Å². The topological polar surface area (TPSA) is 28.4 Å². The maximum Gasteiger partial charge on any atom is 0.118 e. The lowest BCUT2D eigenvalue weighted by Crippen LogP contribution is -2.16. The molecule has 0 bridgehead atoms. The standard InChI is InChI=1S/C16H22N2O/c1-13-5-4-6-14(7-13)10-18(3)11-16-8-15(9-17-2)12-19-16/h4-8,12,17H,9-11H2,1-3H3. The SMILES string of the molecule is CNCc1coc(CN(C)Cc2cccc(C)c2)c1. The van der Waals surface area contributed by atoms with Crippen LogP contribution in [0.1, 0.15) is 22.5 Å². The van der Waals surface area contributed by atoms with Crippen molar-refractivity contribution in [3.8, 4) is 0 Å². The van der Waals surface area contributed by atoms with Crippen molar-refractivity contribution < 1.29 is 4.42 Å². The molecule has 0 spiro atoms. The van der Waals surface area contributed by atoms with Crippen LogP contribution in [0.15, 0.2) is 41.0 Å². The highest BCUT2D eigenvalue weighted by molar-refractivity contribution is 5.22. The zero-order valence-electron chi connectivity index (χ0n) is 11.9. The molecule has 0 saturated heterocycles. The second-order valence-corrected chi connectivity index (χ2v) is 5.11. The number of benzene rings is 1. The molecule has 0 fully saturated rings. The third-order valence-electron chi connectivity index (χ3n) is 3.05. The van der Waals surface area contributed by atoms with Gasteiger partial charge in [-0.1, -0.05) is 29.8 Å². The Kier molecular flexibility index (Phi) is 4.77. The van der Waals surface area contributed by atoms with Gasteiger partial charge < -0.3 is 9.73 Å². The van der Waals surface area contributed by atoms with Gasteiger partial charge in [0, 0.05) is 18.7 Å². The minimum atomic E-state index is 0.831. The van der Waals surface area contributed by atoms with Crippen molar-refractivity contribution in [2.24, 2.45) is 0 Å². The van der Waals surface area contributed by atoms with E-state index >= 15 is 0 Å². The van der Waals surface area contributed by atoms with Crippen LogP contribution >= 0.6 is 0 Å². The van der Waals surface area contributed by atoms with Gasteiger partial charge in [0.25, 0.3) is 0 Å². The predicted octanol–water partition coefficient (Wildman–Crippen LogP) is 2.94. The first-order valence-electron chi connectivity index (χ1n) is 6.62. The van der Waals surface area contributed by atoms with E-state index in [0.29, 0.717) is 0 Å². The highest BCUT2D eigenvalue weighted by Gasteiger charge is 2.06. The zero-order valence-corrected chi connectivity index (χ0v) is 11.9. The molecule has 3 heteroatoms. The lowest BCUT2D eigenvalue weighted by Gasteiger charge is -2.15. The normalized spacial score (nSPS) is 11.2. The lowest BCUT2D eigenvalue weighted by molar-refractivity contribution is 0.288. The molecule has 1 N–H and O–H groups in total. The third-order valence-corrected chi connectivity index (χ3v) is 3.05. The summed E-state index contributed by atoms with van der Waals surface area (Å²) in [4.78, 5) is 2.26. The lowest BCUT2D eigenvalue weighted by atomic mass is 10.1. The molecule has 1 heterocycles. The fourth-order valence-corrected chi connectivity index (χ4v) is 2.25. The Labute approximate surface area is 115 Å². The maximum absolute atomic E-state index is 5.57. The van der Waals surface area contributed by atoms with Crippen molar-refractivity contribution in [1.29, 1.82) is 0 Å². The van der Waals surface area contributed by atoms with Crippen molar-refractivity contribution >= 4 is 0 Å². The molecule has 19 heavy (non-hydrogen) atoms. The molecule has 1 aromatic heterocycles. The summed E-state index contributed by atoms with van der Waals surface area (Å²) in [5, 5.41) is 3.12. The molecule has 102 valence electrons. The van der Waals surface area contributed by atoms with Crippen LogP contribution < -0.4 is 5.32 Å². The van der Waals surface area contributed by atoms with Crippen molar-refractivity contribution in [1.82, 2.24) is 10.2 Å². The van der Waals surface area contributed by atoms with Gasteiger partial charge in [0.15, 0.2) is 0 Å². The molecule has 0 amide bonds. The summed E-state index contributed by atoms with van der Waals surface area (Å²) < 4.78 is 5.57. The van der Waals surface area contributed by atoms with E-state index in [1.165, 1.54) is 16.7 Å². The minimum absolute atomic E-state index is 0.831. The summed E-state index contributed by atoms with van der Waals surface area (Å²) in [5.74, 6) is 1.01. The first kappa shape index (κ1) is 13.8. The Morgan fingerprint density at radius 2 is 2.00 bits per heavy atom. The Bertz CT molecular complexity index is 519. The summed E-state index contributed by atoms with van der Waals surface area (Å²) in [6.45, 7) is 4.74. The summed E-state index contributed by atoms with van der Waals surface area (Å²) >= 11 is 0. The maximum atomic E-state index is 5.57. The molecule has 0 atom stereocenters. The Hall–Kier alpha value is -1.58. The van der Waals surface area contributed by atoms with Crippen LogP contribution in [0.5, 0.6) is 0 Å². The van der Waals surface area contributed by atoms with E-state index in [9.17, 15) is 0 Å². The summed E-state index contributed by atoms with van der Waals surface area (Å²) in [6.07, 6.45) is 1.83. The molecule has 0 aliphatic carbocycles. The van der Waals surface area contributed by atoms with Gasteiger partial charge in [-0.2, -0.15) is 0 Å². The van der Waals surface area contributed by atoms with E-state index in [0.717, 1.165) is 25.4 Å². The molecule has 0 radical (unpaired) electrons. The smallest absolute Gasteiger partial charge is 0.118 e. The van der Waals surface area contributed by atoms with E-state index in [-0.39, 0.29) is 0 Å². The molecule has 2 aromatic rings. The second kappa shape index (κ2) is 6.55. The molecule has 0 saturated carbocycles. The molecule has 0 aliphatic rings. The van der Waals surface area contributed by atoms with Gasteiger partial charge >= 0.3 is 0 Å². The quantitative estimate of drug-likeness (QED) is 0.863. The Morgan fingerprint density at radius 3 is 2.74 bits per heavy atom. The van der Waals surface area contributed by atoms with E-state index in [4.69, 9.17) is 4.42 Å². The van der Waals surface area contributed by atoms with Crippen LogP contribution in [0.25, 0.3) is 0 Å². The average molecular weight is 258 g/mol. The molecule has 0 aliphatic heterocycles. The van der Waals surface area contributed by atoms with Gasteiger partial charge in [-0.15, -0.1) is 0 Å². The van der Waals surface area contributed by atoms with E-state index in [1.54, 1.807) is 0 Å². The van der Waals surface area contributed by atoms with Crippen molar-refractivity contribution in [3.63, 3.8) is 0 Å². The van der Waals surface area contributed by atoms with Gasteiger partial charge in [-0.25, -0.2) is 0 Å². The predicted molar refractivity (Wildman–Crippen MR) is 77.8 cm³/mol. The van der Waals surface area contributed by atoms with E-state index < -0.39 is 0 Å². The van der Waals surface area contributed by atoms with Gasteiger partial charge in [0.1, 0.15) is 5.76 Å². The van der Waals surface area contributed by atoms with Crippen LogP contribution in [0.3, 0.4) is 0 Å². The highest BCUT2D eigenvalue weighted by atomic mass is 16.3. The summed E-state index contributed by atoms with van der Waals surface area (Å²) in [5.41, 5.74) is 3.84. The van der Waals surface area contributed by atoms with Crippen molar-refractivity contribution in [3.05, 3.63) is 59.0 Å². The number of aryl methyl sites for hydroxylation is 1. The average Bonchev–Trinajstić information content (AvgIpc) is 2.77. The molecular formula is C16H22N2O. The largest absolute Gasteiger partial charge is 0.468 e. The summed E-state index contributed by atoms with van der Waals surface area (Å²) in [7, 11) is 4.05. The Balaban J connectivity index is 1.91. The van der Waals surface area contributed by atoms with Gasteiger partial charge in [0.05, 0.1) is 12.8 Å². The van der Waals surface area contributed by atoms with Gasteiger partial charge in [-0.3, -0.25) is 4.90 Å². The van der Waals surface area contributed by atoms with Crippen molar-refractivity contribution in [2.75, 3.05) is 14.1 Å². The number of rotatable bonds is 6. The van der Waals surface area contributed by atoms with Crippen LogP contribution in [0.2, 0.25) is 0 Å². The number of furan rings is 1. The molecular weight excluding hydrogens is 236 g/mol. The van der Waals surface area contributed by atoms with Crippen LogP contribution in [0.4, 0.5) is 0 Å². The molecule has 1 aromatic carbocycles. The Morgan fingerprint density at radius 1 is 1.16 bits per heavy atom. The van der Waals surface area contributed by atoms with Crippen LogP contribution in [-0.2, 0) is 19.6 Å². The van der Waals surface area contributed by atoms with Crippen LogP contribution in [0, 0.1) is 6.92 Å². The number of nitrogens with zero attached hydrogens (tertiary/aromatic N) is 1. The first-order chi connectivity index (χ1) is 9.17. The minimum Gasteiger partial charge on any atom is -0.468 e. The third kappa shape index (κ3) is 4.23. The van der Waals surface area contributed by atoms with E-state index in [1.807, 2.05) is 13.3 Å².